The molecular weight excluding hydrogens is 282 g/mol. The molecule has 0 spiro atoms. The van der Waals surface area contributed by atoms with E-state index in [9.17, 15) is 15.0 Å². The first-order valence-corrected chi connectivity index (χ1v) is 6.05. The van der Waals surface area contributed by atoms with Crippen LogP contribution in [0.5, 0.6) is 17.2 Å². The second-order valence-electron chi connectivity index (χ2n) is 4.04. The lowest BCUT2D eigenvalue weighted by atomic mass is 10.2. The standard InChI is InChI=1S/C14H12ClNO4/c1-20-13-6-9(2-3-12(13)15)16-14(19)8-4-10(17)7-11(18)5-8/h2-7,17-18H,1H3,(H,16,19). The molecule has 3 N–H and O–H groups in total. The van der Waals surface area contributed by atoms with Crippen molar-refractivity contribution in [1.82, 2.24) is 0 Å². The number of benzene rings is 2. The molecular formula is C14H12ClNO4. The van der Waals surface area contributed by atoms with Crippen LogP contribution in [0.4, 0.5) is 5.69 Å². The molecule has 2 rings (SSSR count). The zero-order valence-electron chi connectivity index (χ0n) is 10.6. The summed E-state index contributed by atoms with van der Waals surface area (Å²) in [5.74, 6) is -0.420. The van der Waals surface area contributed by atoms with Crippen molar-refractivity contribution >= 4 is 23.2 Å². The number of nitrogens with one attached hydrogen (secondary N) is 1. The molecule has 0 saturated heterocycles. The summed E-state index contributed by atoms with van der Waals surface area (Å²) in [6.45, 7) is 0. The number of carbonyl (C=O) groups excluding carboxylic acids is 1. The fourth-order valence-electron chi connectivity index (χ4n) is 1.67. The Kier molecular flexibility index (Phi) is 4.00. The summed E-state index contributed by atoms with van der Waals surface area (Å²) < 4.78 is 5.05. The van der Waals surface area contributed by atoms with E-state index in [2.05, 4.69) is 5.32 Å². The highest BCUT2D eigenvalue weighted by Crippen LogP contribution is 2.28. The average Bonchev–Trinajstić information content (AvgIpc) is 2.39. The maximum absolute atomic E-state index is 12.0. The van der Waals surface area contributed by atoms with Crippen molar-refractivity contribution < 1.29 is 19.7 Å². The number of ether oxygens (including phenoxy) is 1. The van der Waals surface area contributed by atoms with Gasteiger partial charge < -0.3 is 20.3 Å². The van der Waals surface area contributed by atoms with Gasteiger partial charge in [0, 0.05) is 23.4 Å². The van der Waals surface area contributed by atoms with Crippen molar-refractivity contribution in [3.05, 3.63) is 47.0 Å². The number of aromatic hydroxyl groups is 2. The number of hydrogen-bond acceptors (Lipinski definition) is 4. The molecule has 2 aromatic rings. The molecule has 0 unspecified atom stereocenters. The maximum atomic E-state index is 12.0. The van der Waals surface area contributed by atoms with Crippen molar-refractivity contribution in [2.45, 2.75) is 0 Å². The van der Waals surface area contributed by atoms with Crippen LogP contribution in [0.3, 0.4) is 0 Å². The van der Waals surface area contributed by atoms with Gasteiger partial charge in [0.25, 0.3) is 5.91 Å². The number of methoxy groups -OCH3 is 1. The van der Waals surface area contributed by atoms with Gasteiger partial charge in [-0.15, -0.1) is 0 Å². The molecule has 0 aliphatic rings. The molecule has 2 aromatic carbocycles. The Morgan fingerprint density at radius 2 is 1.80 bits per heavy atom. The second kappa shape index (κ2) is 5.71. The fourth-order valence-corrected chi connectivity index (χ4v) is 1.86. The maximum Gasteiger partial charge on any atom is 0.255 e. The number of amides is 1. The molecule has 0 bridgehead atoms. The number of rotatable bonds is 3. The Morgan fingerprint density at radius 3 is 2.40 bits per heavy atom. The minimum Gasteiger partial charge on any atom is -0.508 e. The van der Waals surface area contributed by atoms with Crippen molar-refractivity contribution in [2.75, 3.05) is 12.4 Å². The lowest BCUT2D eigenvalue weighted by Gasteiger charge is -2.09. The summed E-state index contributed by atoms with van der Waals surface area (Å²) in [4.78, 5) is 12.0. The second-order valence-corrected chi connectivity index (χ2v) is 4.45. The third kappa shape index (κ3) is 3.13. The van der Waals surface area contributed by atoms with Crippen LogP contribution >= 0.6 is 11.6 Å². The summed E-state index contributed by atoms with van der Waals surface area (Å²) in [5.41, 5.74) is 0.621. The number of hydrogen-bond donors (Lipinski definition) is 3. The van der Waals surface area contributed by atoms with Gasteiger partial charge in [-0.25, -0.2) is 0 Å². The van der Waals surface area contributed by atoms with Crippen LogP contribution in [-0.2, 0) is 0 Å². The van der Waals surface area contributed by atoms with Crippen LogP contribution < -0.4 is 10.1 Å². The molecule has 1 amide bonds. The molecule has 0 aromatic heterocycles. The summed E-state index contributed by atoms with van der Waals surface area (Å²) in [6, 6.07) is 8.43. The Bertz CT molecular complexity index is 637. The Morgan fingerprint density at radius 1 is 1.15 bits per heavy atom. The first-order valence-electron chi connectivity index (χ1n) is 5.67. The normalized spacial score (nSPS) is 10.1. The van der Waals surface area contributed by atoms with Gasteiger partial charge in [-0.2, -0.15) is 0 Å². The SMILES string of the molecule is COc1cc(NC(=O)c2cc(O)cc(O)c2)ccc1Cl. The lowest BCUT2D eigenvalue weighted by molar-refractivity contribution is 0.102. The van der Waals surface area contributed by atoms with E-state index in [0.717, 1.165) is 6.07 Å². The molecule has 0 atom stereocenters. The molecule has 0 radical (unpaired) electrons. The first kappa shape index (κ1) is 14.0. The van der Waals surface area contributed by atoms with E-state index in [4.69, 9.17) is 16.3 Å². The van der Waals surface area contributed by atoms with Crippen molar-refractivity contribution in [1.29, 1.82) is 0 Å². The Labute approximate surface area is 120 Å². The highest BCUT2D eigenvalue weighted by Gasteiger charge is 2.10. The van der Waals surface area contributed by atoms with Gasteiger partial charge in [0.1, 0.15) is 17.2 Å². The molecule has 104 valence electrons. The van der Waals surface area contributed by atoms with Crippen LogP contribution in [0.1, 0.15) is 10.4 Å². The highest BCUT2D eigenvalue weighted by atomic mass is 35.5. The monoisotopic (exact) mass is 293 g/mol. The molecule has 0 aliphatic heterocycles. The third-order valence-electron chi connectivity index (χ3n) is 2.57. The van der Waals surface area contributed by atoms with Gasteiger partial charge in [-0.3, -0.25) is 4.79 Å². The number of phenols is 2. The van der Waals surface area contributed by atoms with E-state index < -0.39 is 5.91 Å². The molecule has 5 nitrogen and oxygen atoms in total. The van der Waals surface area contributed by atoms with Crippen LogP contribution in [0.25, 0.3) is 0 Å². The van der Waals surface area contributed by atoms with Crippen LogP contribution in [0.2, 0.25) is 5.02 Å². The minimum atomic E-state index is -0.472. The average molecular weight is 294 g/mol. The lowest BCUT2D eigenvalue weighted by Crippen LogP contribution is -2.11. The molecule has 0 fully saturated rings. The van der Waals surface area contributed by atoms with E-state index in [1.54, 1.807) is 18.2 Å². The molecule has 0 saturated carbocycles. The Hall–Kier alpha value is -2.40. The summed E-state index contributed by atoms with van der Waals surface area (Å²) in [7, 11) is 1.47. The summed E-state index contributed by atoms with van der Waals surface area (Å²) in [6.07, 6.45) is 0. The van der Waals surface area contributed by atoms with Crippen molar-refractivity contribution in [3.63, 3.8) is 0 Å². The van der Waals surface area contributed by atoms with Gasteiger partial charge in [0.2, 0.25) is 0 Å². The van der Waals surface area contributed by atoms with Crippen LogP contribution in [0.15, 0.2) is 36.4 Å². The highest BCUT2D eigenvalue weighted by molar-refractivity contribution is 6.32. The van der Waals surface area contributed by atoms with E-state index in [1.807, 2.05) is 0 Å². The van der Waals surface area contributed by atoms with Gasteiger partial charge in [0.05, 0.1) is 12.1 Å². The van der Waals surface area contributed by atoms with E-state index in [0.29, 0.717) is 16.5 Å². The van der Waals surface area contributed by atoms with Crippen molar-refractivity contribution in [3.8, 4) is 17.2 Å². The van der Waals surface area contributed by atoms with Gasteiger partial charge in [-0.05, 0) is 24.3 Å². The van der Waals surface area contributed by atoms with Gasteiger partial charge >= 0.3 is 0 Å². The number of carbonyl (C=O) groups is 1. The van der Waals surface area contributed by atoms with E-state index in [-0.39, 0.29) is 17.1 Å². The zero-order chi connectivity index (χ0) is 14.7. The molecule has 0 aliphatic carbocycles. The zero-order valence-corrected chi connectivity index (χ0v) is 11.3. The van der Waals surface area contributed by atoms with Crippen LogP contribution in [-0.4, -0.2) is 23.2 Å². The van der Waals surface area contributed by atoms with Gasteiger partial charge in [0.15, 0.2) is 0 Å². The minimum absolute atomic E-state index is 0.136. The number of halogens is 1. The van der Waals surface area contributed by atoms with E-state index >= 15 is 0 Å². The fraction of sp³-hybridized carbons (Fsp3) is 0.0714. The quantitative estimate of drug-likeness (QED) is 0.813. The summed E-state index contributed by atoms with van der Waals surface area (Å²) in [5, 5.41) is 21.7. The molecule has 0 heterocycles. The predicted octanol–water partition coefficient (Wildman–Crippen LogP) is 3.01. The van der Waals surface area contributed by atoms with Crippen LogP contribution in [0, 0.1) is 0 Å². The number of phenolic OH excluding ortho intramolecular Hbond substituents is 2. The largest absolute Gasteiger partial charge is 0.508 e. The third-order valence-corrected chi connectivity index (χ3v) is 2.89. The molecule has 20 heavy (non-hydrogen) atoms. The smallest absolute Gasteiger partial charge is 0.255 e. The van der Waals surface area contributed by atoms with E-state index in [1.165, 1.54) is 19.2 Å². The Balaban J connectivity index is 2.23. The summed E-state index contributed by atoms with van der Waals surface area (Å²) >= 11 is 5.89. The molecule has 6 heteroatoms. The topological polar surface area (TPSA) is 78.8 Å². The van der Waals surface area contributed by atoms with Crippen molar-refractivity contribution in [2.24, 2.45) is 0 Å². The predicted molar refractivity (Wildman–Crippen MR) is 75.7 cm³/mol. The first-order chi connectivity index (χ1) is 9.49. The van der Waals surface area contributed by atoms with Gasteiger partial charge in [-0.1, -0.05) is 11.6 Å². The number of anilines is 1.